The molecule has 6 N–H and O–H groups in total. The Morgan fingerprint density at radius 2 is 1.27 bits per heavy atom. The minimum absolute atomic E-state index is 0.0107. The van der Waals surface area contributed by atoms with E-state index in [1.165, 1.54) is 5.56 Å². The molecule has 0 atom stereocenters. The normalized spacial score (nSPS) is 13.4. The van der Waals surface area contributed by atoms with Crippen LogP contribution in [0, 0.1) is 0 Å². The maximum absolute atomic E-state index is 13.7. The molecule has 10 nitrogen and oxygen atoms in total. The summed E-state index contributed by atoms with van der Waals surface area (Å²) >= 11 is 0. The second-order valence-corrected chi connectivity index (χ2v) is 9.13. The van der Waals surface area contributed by atoms with E-state index in [0.717, 1.165) is 12.0 Å². The van der Waals surface area contributed by atoms with E-state index in [9.17, 15) is 4.79 Å². The molecule has 5 rings (SSSR count). The summed E-state index contributed by atoms with van der Waals surface area (Å²) < 4.78 is 12.2. The van der Waals surface area contributed by atoms with Crippen molar-refractivity contribution in [3.63, 3.8) is 0 Å². The van der Waals surface area contributed by atoms with Gasteiger partial charge in [-0.25, -0.2) is 0 Å². The minimum atomic E-state index is -0.160. The monoisotopic (exact) mass is 537 g/mol. The average Bonchev–Trinajstić information content (AvgIpc) is 3.00. The Bertz CT molecular complexity index is 1580. The van der Waals surface area contributed by atoms with Crippen molar-refractivity contribution in [2.75, 3.05) is 6.54 Å². The van der Waals surface area contributed by atoms with Crippen LogP contribution < -0.4 is 20.9 Å². The molecule has 1 amide bonds. The number of carbonyl (C=O) groups is 1. The Morgan fingerprint density at radius 1 is 0.725 bits per heavy atom. The van der Waals surface area contributed by atoms with Gasteiger partial charge in [-0.05, 0) is 78.2 Å². The van der Waals surface area contributed by atoms with E-state index in [-0.39, 0.29) is 17.6 Å². The molecule has 0 spiro atoms. The number of rotatable bonds is 7. The van der Waals surface area contributed by atoms with E-state index < -0.39 is 0 Å². The Labute approximate surface area is 230 Å². The van der Waals surface area contributed by atoms with Crippen molar-refractivity contribution >= 4 is 17.6 Å². The van der Waals surface area contributed by atoms with Crippen molar-refractivity contribution in [3.8, 4) is 23.0 Å². The summed E-state index contributed by atoms with van der Waals surface area (Å²) in [4.78, 5) is 15.5. The van der Waals surface area contributed by atoms with Gasteiger partial charge in [0, 0.05) is 30.3 Å². The molecular weight excluding hydrogens is 510 g/mol. The molecule has 0 unspecified atom stereocenters. The van der Waals surface area contributed by atoms with Gasteiger partial charge in [-0.1, -0.05) is 34.6 Å². The van der Waals surface area contributed by atoms with E-state index in [1.807, 2.05) is 18.2 Å². The summed E-state index contributed by atoms with van der Waals surface area (Å²) in [6, 6.07) is 26.5. The van der Waals surface area contributed by atoms with Crippen LogP contribution in [0.25, 0.3) is 0 Å². The average molecular weight is 538 g/mol. The highest BCUT2D eigenvalue weighted by atomic mass is 16.5. The zero-order valence-corrected chi connectivity index (χ0v) is 21.4. The van der Waals surface area contributed by atoms with Gasteiger partial charge < -0.3 is 36.3 Å². The molecule has 202 valence electrons. The Balaban J connectivity index is 1.44. The Morgan fingerprint density at radius 3 is 1.88 bits per heavy atom. The van der Waals surface area contributed by atoms with Crippen LogP contribution in [0.3, 0.4) is 0 Å². The van der Waals surface area contributed by atoms with Crippen LogP contribution >= 0.6 is 0 Å². The zero-order valence-electron chi connectivity index (χ0n) is 21.4. The van der Waals surface area contributed by atoms with Crippen LogP contribution in [-0.2, 0) is 13.0 Å². The third-order valence-corrected chi connectivity index (χ3v) is 6.58. The van der Waals surface area contributed by atoms with Crippen LogP contribution in [0.5, 0.6) is 23.0 Å². The van der Waals surface area contributed by atoms with E-state index in [2.05, 4.69) is 16.4 Å². The van der Waals surface area contributed by atoms with Crippen LogP contribution in [-0.4, -0.2) is 39.4 Å². The molecule has 10 heteroatoms. The second kappa shape index (κ2) is 11.5. The van der Waals surface area contributed by atoms with Crippen molar-refractivity contribution in [2.45, 2.75) is 13.0 Å². The number of fused-ring (bicyclic) bond motifs is 1. The van der Waals surface area contributed by atoms with Crippen LogP contribution in [0.1, 0.15) is 32.6 Å². The zero-order chi connectivity index (χ0) is 28.1. The number of oxime groups is 2. The van der Waals surface area contributed by atoms with Gasteiger partial charge in [0.2, 0.25) is 0 Å². The number of nitrogens with zero attached hydrogens (tertiary/aromatic N) is 3. The van der Waals surface area contributed by atoms with Gasteiger partial charge in [0.1, 0.15) is 23.0 Å². The van der Waals surface area contributed by atoms with Crippen molar-refractivity contribution < 1.29 is 24.7 Å². The molecule has 0 radical (unpaired) electrons. The lowest BCUT2D eigenvalue weighted by molar-refractivity contribution is 0.0732. The number of ether oxygens (including phenoxy) is 2. The Hall–Kier alpha value is -5.51. The van der Waals surface area contributed by atoms with Crippen LogP contribution in [0.15, 0.2) is 101 Å². The van der Waals surface area contributed by atoms with E-state index >= 15 is 0 Å². The molecule has 0 aromatic heterocycles. The third kappa shape index (κ3) is 5.65. The first-order valence-corrected chi connectivity index (χ1v) is 12.5. The first-order chi connectivity index (χ1) is 19.4. The lowest BCUT2D eigenvalue weighted by atomic mass is 9.99. The lowest BCUT2D eigenvalue weighted by Gasteiger charge is -2.29. The molecule has 1 aliphatic rings. The second-order valence-electron chi connectivity index (χ2n) is 9.13. The van der Waals surface area contributed by atoms with Gasteiger partial charge in [0.15, 0.2) is 11.7 Å². The highest BCUT2D eigenvalue weighted by Crippen LogP contribution is 2.34. The molecule has 4 aromatic carbocycles. The van der Waals surface area contributed by atoms with E-state index in [4.69, 9.17) is 31.4 Å². The largest absolute Gasteiger partial charge is 0.457 e. The fourth-order valence-electron chi connectivity index (χ4n) is 4.43. The lowest BCUT2D eigenvalue weighted by Crippen LogP contribution is -2.36. The van der Waals surface area contributed by atoms with Crippen LogP contribution in [0.4, 0.5) is 0 Å². The van der Waals surface area contributed by atoms with Gasteiger partial charge in [-0.2, -0.15) is 0 Å². The fourth-order valence-corrected chi connectivity index (χ4v) is 4.43. The topological polar surface area (TPSA) is 156 Å². The molecule has 0 aliphatic carbocycles. The first-order valence-electron chi connectivity index (χ1n) is 12.5. The molecule has 0 saturated carbocycles. The number of amides is 1. The molecule has 1 aliphatic heterocycles. The molecule has 0 fully saturated rings. The van der Waals surface area contributed by atoms with Crippen molar-refractivity contribution in [1.82, 2.24) is 4.90 Å². The van der Waals surface area contributed by atoms with Gasteiger partial charge in [0.25, 0.3) is 5.91 Å². The van der Waals surface area contributed by atoms with E-state index in [1.54, 1.807) is 71.6 Å². The predicted octanol–water partition coefficient (Wildman–Crippen LogP) is 4.66. The Kier molecular flexibility index (Phi) is 7.49. The SMILES string of the molecule is NC(=NO)c1ccc(Oc2ccc(C(=O)N3CCc4ccccc4C3)c(Oc3ccc(C(N)=NO)cc3)c2)cc1. The third-order valence-electron chi connectivity index (χ3n) is 6.58. The highest BCUT2D eigenvalue weighted by molar-refractivity contribution is 5.98. The summed E-state index contributed by atoms with van der Waals surface area (Å²) in [5.41, 5.74) is 15.1. The number of benzene rings is 4. The molecule has 0 saturated heterocycles. The quantitative estimate of drug-likeness (QED) is 0.116. The highest BCUT2D eigenvalue weighted by Gasteiger charge is 2.25. The molecule has 0 bridgehead atoms. The summed E-state index contributed by atoms with van der Waals surface area (Å²) in [6.45, 7) is 1.10. The van der Waals surface area contributed by atoms with Gasteiger partial charge >= 0.3 is 0 Å². The first kappa shape index (κ1) is 26.1. The number of hydrogen-bond acceptors (Lipinski definition) is 7. The summed E-state index contributed by atoms with van der Waals surface area (Å²) in [7, 11) is 0. The predicted molar refractivity (Wildman–Crippen MR) is 149 cm³/mol. The summed E-state index contributed by atoms with van der Waals surface area (Å²) in [5.74, 6) is 1.52. The molecule has 1 heterocycles. The van der Waals surface area contributed by atoms with Gasteiger partial charge in [-0.15, -0.1) is 0 Å². The summed E-state index contributed by atoms with van der Waals surface area (Å²) in [6.07, 6.45) is 0.774. The smallest absolute Gasteiger partial charge is 0.257 e. The number of carbonyl (C=O) groups excluding carboxylic acids is 1. The number of amidine groups is 2. The fraction of sp³-hybridized carbons (Fsp3) is 0.100. The van der Waals surface area contributed by atoms with Crippen LogP contribution in [0.2, 0.25) is 0 Å². The van der Waals surface area contributed by atoms with Gasteiger partial charge in [0.05, 0.1) is 5.56 Å². The molecule has 4 aromatic rings. The molecule has 40 heavy (non-hydrogen) atoms. The van der Waals surface area contributed by atoms with Crippen molar-refractivity contribution in [3.05, 3.63) is 119 Å². The summed E-state index contributed by atoms with van der Waals surface area (Å²) in [5, 5.41) is 23.8. The van der Waals surface area contributed by atoms with Crippen molar-refractivity contribution in [1.29, 1.82) is 0 Å². The van der Waals surface area contributed by atoms with Crippen molar-refractivity contribution in [2.24, 2.45) is 21.8 Å². The van der Waals surface area contributed by atoms with Gasteiger partial charge in [-0.3, -0.25) is 4.79 Å². The standard InChI is InChI=1S/C30H27N5O5/c31-28(33-37)20-5-9-23(10-6-20)39-25-13-14-26(30(36)35-16-15-19-3-1-2-4-22(19)18-35)27(17-25)40-24-11-7-21(8-12-24)29(32)34-38/h1-14,17,37-38H,15-16,18H2,(H2,31,33)(H2,32,34). The number of hydrogen-bond donors (Lipinski definition) is 4. The maximum atomic E-state index is 13.7. The minimum Gasteiger partial charge on any atom is -0.457 e. The molecular formula is C30H27N5O5. The van der Waals surface area contributed by atoms with E-state index in [0.29, 0.717) is 52.8 Å². The number of nitrogens with two attached hydrogens (primary N) is 2. The maximum Gasteiger partial charge on any atom is 0.257 e.